The normalized spacial score (nSPS) is 11.4. The van der Waals surface area contributed by atoms with Gasteiger partial charge in [0.05, 0.1) is 0 Å². The van der Waals surface area contributed by atoms with Crippen LogP contribution in [0.15, 0.2) is 24.8 Å². The van der Waals surface area contributed by atoms with Gasteiger partial charge in [-0.3, -0.25) is 4.90 Å². The molecule has 0 saturated heterocycles. The lowest BCUT2D eigenvalue weighted by molar-refractivity contribution is 0.314. The van der Waals surface area contributed by atoms with Gasteiger partial charge in [0.15, 0.2) is 0 Å². The fourth-order valence-electron chi connectivity index (χ4n) is 1.62. The number of nitrogens with zero attached hydrogens (tertiary/aromatic N) is 1. The van der Waals surface area contributed by atoms with Crippen LogP contribution in [0.25, 0.3) is 0 Å². The molecule has 0 saturated carbocycles. The summed E-state index contributed by atoms with van der Waals surface area (Å²) < 4.78 is 0. The van der Waals surface area contributed by atoms with E-state index in [9.17, 15) is 0 Å². The van der Waals surface area contributed by atoms with Gasteiger partial charge in [0.1, 0.15) is 0 Å². The Labute approximate surface area is 109 Å². The molecule has 0 radical (unpaired) electrons. The molecule has 0 aliphatic rings. The summed E-state index contributed by atoms with van der Waals surface area (Å²) in [5.74, 6) is 0. The Bertz CT molecular complexity index is 331. The minimum absolute atomic E-state index is 0.549. The highest BCUT2D eigenvalue weighted by Gasteiger charge is 2.05. The zero-order chi connectivity index (χ0) is 12.7. The van der Waals surface area contributed by atoms with Crippen molar-refractivity contribution < 1.29 is 0 Å². The van der Waals surface area contributed by atoms with E-state index in [-0.39, 0.29) is 0 Å². The van der Waals surface area contributed by atoms with Crippen molar-refractivity contribution in [3.8, 4) is 0 Å². The van der Waals surface area contributed by atoms with E-state index >= 15 is 0 Å². The first-order valence-electron chi connectivity index (χ1n) is 6.30. The highest BCUT2D eigenvalue weighted by Crippen LogP contribution is 2.18. The average molecular weight is 252 g/mol. The number of hydrogen-bond donors (Lipinski definition) is 1. The van der Waals surface area contributed by atoms with Crippen molar-refractivity contribution in [3.05, 3.63) is 34.5 Å². The number of hydrogen-bond acceptors (Lipinski definition) is 3. The summed E-state index contributed by atoms with van der Waals surface area (Å²) in [6.45, 7) is 14.4. The van der Waals surface area contributed by atoms with Crippen LogP contribution in [0.2, 0.25) is 0 Å². The molecule has 1 rings (SSSR count). The van der Waals surface area contributed by atoms with E-state index in [1.54, 1.807) is 0 Å². The Balaban J connectivity index is 2.46. The van der Waals surface area contributed by atoms with Crippen molar-refractivity contribution in [2.24, 2.45) is 0 Å². The molecule has 0 atom stereocenters. The van der Waals surface area contributed by atoms with Gasteiger partial charge >= 0.3 is 0 Å². The lowest BCUT2D eigenvalue weighted by Gasteiger charge is -2.16. The van der Waals surface area contributed by atoms with E-state index in [2.05, 4.69) is 49.7 Å². The van der Waals surface area contributed by atoms with Crippen LogP contribution in [-0.2, 0) is 13.1 Å². The minimum Gasteiger partial charge on any atom is -0.310 e. The molecule has 0 aliphatic carbocycles. The molecule has 0 fully saturated rings. The standard InChI is InChI=1S/C14H24N2S/c1-5-9-16(6-2)11-14-8-7-13(17-14)10-15-12(3)4/h5,7-8,12,15H,1,6,9-11H2,2-4H3. The molecule has 0 aromatic carbocycles. The first-order valence-corrected chi connectivity index (χ1v) is 7.11. The predicted molar refractivity (Wildman–Crippen MR) is 77.4 cm³/mol. The monoisotopic (exact) mass is 252 g/mol. The molecule has 17 heavy (non-hydrogen) atoms. The van der Waals surface area contributed by atoms with Crippen LogP contribution in [0.5, 0.6) is 0 Å². The fraction of sp³-hybridized carbons (Fsp3) is 0.571. The molecule has 0 bridgehead atoms. The number of nitrogens with one attached hydrogen (secondary N) is 1. The zero-order valence-electron chi connectivity index (χ0n) is 11.2. The molecule has 2 nitrogen and oxygen atoms in total. The topological polar surface area (TPSA) is 15.3 Å². The van der Waals surface area contributed by atoms with Crippen LogP contribution in [0.1, 0.15) is 30.5 Å². The summed E-state index contributed by atoms with van der Waals surface area (Å²) >= 11 is 1.91. The molecule has 0 unspecified atom stereocenters. The first kappa shape index (κ1) is 14.4. The maximum absolute atomic E-state index is 3.80. The van der Waals surface area contributed by atoms with E-state index < -0.39 is 0 Å². The van der Waals surface area contributed by atoms with Gasteiger partial charge in [0.2, 0.25) is 0 Å². The molecule has 0 aliphatic heterocycles. The summed E-state index contributed by atoms with van der Waals surface area (Å²) in [4.78, 5) is 5.25. The number of thiophene rings is 1. The third-order valence-electron chi connectivity index (χ3n) is 2.62. The van der Waals surface area contributed by atoms with Crippen LogP contribution >= 0.6 is 11.3 Å². The Kier molecular flexibility index (Phi) is 6.48. The van der Waals surface area contributed by atoms with Gasteiger partial charge < -0.3 is 5.32 Å². The van der Waals surface area contributed by atoms with Crippen molar-refractivity contribution >= 4 is 11.3 Å². The second-order valence-corrected chi connectivity index (χ2v) is 5.77. The van der Waals surface area contributed by atoms with E-state index in [1.165, 1.54) is 9.75 Å². The van der Waals surface area contributed by atoms with E-state index in [0.29, 0.717) is 6.04 Å². The molecular formula is C14H24N2S. The van der Waals surface area contributed by atoms with Crippen LogP contribution < -0.4 is 5.32 Å². The number of likely N-dealkylation sites (N-methyl/N-ethyl adjacent to an activating group) is 1. The lowest BCUT2D eigenvalue weighted by Crippen LogP contribution is -2.22. The molecule has 1 aromatic heterocycles. The molecule has 0 spiro atoms. The maximum atomic E-state index is 3.80. The van der Waals surface area contributed by atoms with Gasteiger partial charge in [0, 0.05) is 35.4 Å². The van der Waals surface area contributed by atoms with E-state index in [1.807, 2.05) is 17.4 Å². The summed E-state index contributed by atoms with van der Waals surface area (Å²) in [7, 11) is 0. The van der Waals surface area contributed by atoms with Gasteiger partial charge in [-0.2, -0.15) is 0 Å². The van der Waals surface area contributed by atoms with E-state index in [0.717, 1.165) is 26.2 Å². The fourth-order valence-corrected chi connectivity index (χ4v) is 2.63. The quantitative estimate of drug-likeness (QED) is 0.714. The largest absolute Gasteiger partial charge is 0.310 e. The lowest BCUT2D eigenvalue weighted by atomic mass is 10.3. The third-order valence-corrected chi connectivity index (χ3v) is 3.69. The molecule has 1 heterocycles. The van der Waals surface area contributed by atoms with Gasteiger partial charge in [-0.15, -0.1) is 17.9 Å². The summed E-state index contributed by atoms with van der Waals surface area (Å²) in [6.07, 6.45) is 1.97. The average Bonchev–Trinajstić information content (AvgIpc) is 2.73. The van der Waals surface area contributed by atoms with Crippen LogP contribution in [-0.4, -0.2) is 24.0 Å². The minimum atomic E-state index is 0.549. The predicted octanol–water partition coefficient (Wildman–Crippen LogP) is 3.25. The third kappa shape index (κ3) is 5.48. The summed E-state index contributed by atoms with van der Waals surface area (Å²) in [5.41, 5.74) is 0. The van der Waals surface area contributed by atoms with Crippen molar-refractivity contribution in [1.29, 1.82) is 0 Å². The second kappa shape index (κ2) is 7.64. The van der Waals surface area contributed by atoms with Gasteiger partial charge in [-0.05, 0) is 18.7 Å². The van der Waals surface area contributed by atoms with Crippen molar-refractivity contribution in [3.63, 3.8) is 0 Å². The molecule has 96 valence electrons. The number of rotatable bonds is 8. The zero-order valence-corrected chi connectivity index (χ0v) is 12.0. The Morgan fingerprint density at radius 1 is 1.41 bits per heavy atom. The Morgan fingerprint density at radius 3 is 2.71 bits per heavy atom. The smallest absolute Gasteiger partial charge is 0.0331 e. The molecule has 3 heteroatoms. The molecule has 1 aromatic rings. The summed E-state index contributed by atoms with van der Waals surface area (Å²) in [5, 5.41) is 3.45. The highest BCUT2D eigenvalue weighted by atomic mass is 32.1. The van der Waals surface area contributed by atoms with Gasteiger partial charge in [-0.1, -0.05) is 26.8 Å². The van der Waals surface area contributed by atoms with E-state index in [4.69, 9.17) is 0 Å². The van der Waals surface area contributed by atoms with Gasteiger partial charge in [0.25, 0.3) is 0 Å². The molecule has 1 N–H and O–H groups in total. The highest BCUT2D eigenvalue weighted by molar-refractivity contribution is 7.11. The van der Waals surface area contributed by atoms with Crippen LogP contribution in [0, 0.1) is 0 Å². The Hall–Kier alpha value is -0.640. The first-order chi connectivity index (χ1) is 8.15. The second-order valence-electron chi connectivity index (χ2n) is 4.52. The SMILES string of the molecule is C=CCN(CC)Cc1ccc(CNC(C)C)s1. The molecular weight excluding hydrogens is 228 g/mol. The van der Waals surface area contributed by atoms with Crippen LogP contribution in [0.4, 0.5) is 0 Å². The van der Waals surface area contributed by atoms with Crippen molar-refractivity contribution in [2.45, 2.75) is 39.9 Å². The van der Waals surface area contributed by atoms with Crippen molar-refractivity contribution in [1.82, 2.24) is 10.2 Å². The maximum Gasteiger partial charge on any atom is 0.0331 e. The van der Waals surface area contributed by atoms with Crippen LogP contribution in [0.3, 0.4) is 0 Å². The molecule has 0 amide bonds. The Morgan fingerprint density at radius 2 is 2.12 bits per heavy atom. The van der Waals surface area contributed by atoms with Crippen molar-refractivity contribution in [2.75, 3.05) is 13.1 Å². The van der Waals surface area contributed by atoms with Gasteiger partial charge in [-0.25, -0.2) is 0 Å². The summed E-state index contributed by atoms with van der Waals surface area (Å²) in [6, 6.07) is 5.03.